The first kappa shape index (κ1) is 21.1. The van der Waals surface area contributed by atoms with Crippen LogP contribution in [0.5, 0.6) is 5.75 Å². The molecular formula is C23H23N3O4. The van der Waals surface area contributed by atoms with E-state index in [0.717, 1.165) is 5.56 Å². The second kappa shape index (κ2) is 9.23. The van der Waals surface area contributed by atoms with Crippen molar-refractivity contribution < 1.29 is 14.3 Å². The second-order valence-electron chi connectivity index (χ2n) is 7.22. The van der Waals surface area contributed by atoms with Gasteiger partial charge in [0.1, 0.15) is 18.9 Å². The van der Waals surface area contributed by atoms with Crippen molar-refractivity contribution in [2.75, 3.05) is 6.61 Å². The van der Waals surface area contributed by atoms with E-state index in [1.165, 1.54) is 10.1 Å². The van der Waals surface area contributed by atoms with Gasteiger partial charge in [0, 0.05) is 0 Å². The largest absolute Gasteiger partial charge is 0.482 e. The van der Waals surface area contributed by atoms with Gasteiger partial charge in [0.2, 0.25) is 0 Å². The van der Waals surface area contributed by atoms with Crippen LogP contribution < -0.4 is 10.3 Å². The van der Waals surface area contributed by atoms with Gasteiger partial charge in [0.15, 0.2) is 12.4 Å². The number of carbonyl (C=O) groups excluding carboxylic acids is 1. The number of hydrogen-bond acceptors (Lipinski definition) is 6. The molecule has 0 saturated carbocycles. The fourth-order valence-corrected chi connectivity index (χ4v) is 3.27. The van der Waals surface area contributed by atoms with Gasteiger partial charge in [-0.2, -0.15) is 5.26 Å². The van der Waals surface area contributed by atoms with Gasteiger partial charge >= 0.3 is 5.97 Å². The molecule has 3 aromatic rings. The van der Waals surface area contributed by atoms with Gasteiger partial charge in [-0.3, -0.25) is 9.36 Å². The van der Waals surface area contributed by atoms with Gasteiger partial charge in [0.25, 0.3) is 5.56 Å². The summed E-state index contributed by atoms with van der Waals surface area (Å²) in [5.41, 5.74) is 2.46. The number of benzene rings is 2. The molecule has 0 aliphatic rings. The molecule has 2 aromatic carbocycles. The topological polar surface area (TPSA) is 94.2 Å². The first-order chi connectivity index (χ1) is 14.4. The third-order valence-electron chi connectivity index (χ3n) is 4.75. The van der Waals surface area contributed by atoms with Gasteiger partial charge in [-0.1, -0.05) is 32.0 Å². The first-order valence-electron chi connectivity index (χ1n) is 9.65. The molecule has 0 spiro atoms. The lowest BCUT2D eigenvalue weighted by molar-refractivity contribution is -0.147. The van der Waals surface area contributed by atoms with Crippen LogP contribution in [-0.4, -0.2) is 22.1 Å². The van der Waals surface area contributed by atoms with E-state index in [4.69, 9.17) is 14.7 Å². The lowest BCUT2D eigenvalue weighted by atomic mass is 9.98. The van der Waals surface area contributed by atoms with Crippen molar-refractivity contribution in [3.63, 3.8) is 0 Å². The first-order valence-corrected chi connectivity index (χ1v) is 9.65. The summed E-state index contributed by atoms with van der Waals surface area (Å²) in [6, 6.07) is 14.5. The quantitative estimate of drug-likeness (QED) is 0.559. The molecule has 3 rings (SSSR count). The van der Waals surface area contributed by atoms with Gasteiger partial charge in [0.05, 0.1) is 17.0 Å². The molecule has 30 heavy (non-hydrogen) atoms. The number of aryl methyl sites for hydroxylation is 1. The summed E-state index contributed by atoms with van der Waals surface area (Å²) in [6.07, 6.45) is 0. The average Bonchev–Trinajstić information content (AvgIpc) is 2.73. The smallest absolute Gasteiger partial charge is 0.344 e. The van der Waals surface area contributed by atoms with Crippen LogP contribution >= 0.6 is 0 Å². The fourth-order valence-electron chi connectivity index (χ4n) is 3.27. The molecule has 1 heterocycles. The van der Waals surface area contributed by atoms with Crippen molar-refractivity contribution in [3.05, 3.63) is 69.8 Å². The van der Waals surface area contributed by atoms with E-state index in [0.29, 0.717) is 22.6 Å². The molecule has 0 radical (unpaired) electrons. The van der Waals surface area contributed by atoms with E-state index >= 15 is 0 Å². The molecule has 0 unspecified atom stereocenters. The minimum atomic E-state index is -0.591. The zero-order chi connectivity index (χ0) is 21.7. The zero-order valence-electron chi connectivity index (χ0n) is 17.2. The van der Waals surface area contributed by atoms with E-state index < -0.39 is 5.97 Å². The molecule has 154 valence electrons. The van der Waals surface area contributed by atoms with Gasteiger partial charge in [-0.05, 0) is 48.2 Å². The molecule has 7 nitrogen and oxygen atoms in total. The summed E-state index contributed by atoms with van der Waals surface area (Å²) in [7, 11) is 0. The molecule has 0 saturated heterocycles. The molecule has 0 fully saturated rings. The number of ether oxygens (including phenoxy) is 2. The highest BCUT2D eigenvalue weighted by Gasteiger charge is 2.13. The highest BCUT2D eigenvalue weighted by atomic mass is 16.6. The van der Waals surface area contributed by atoms with Crippen molar-refractivity contribution in [2.24, 2.45) is 0 Å². The molecule has 0 bridgehead atoms. The van der Waals surface area contributed by atoms with Crippen LogP contribution in [0, 0.1) is 18.3 Å². The maximum Gasteiger partial charge on any atom is 0.344 e. The van der Waals surface area contributed by atoms with Gasteiger partial charge < -0.3 is 9.47 Å². The number of hydrogen-bond donors (Lipinski definition) is 0. The molecule has 0 aliphatic heterocycles. The Morgan fingerprint density at radius 3 is 2.70 bits per heavy atom. The predicted molar refractivity (Wildman–Crippen MR) is 112 cm³/mol. The second-order valence-corrected chi connectivity index (χ2v) is 7.22. The monoisotopic (exact) mass is 405 g/mol. The van der Waals surface area contributed by atoms with Crippen molar-refractivity contribution >= 4 is 16.9 Å². The molecular weight excluding hydrogens is 382 g/mol. The molecule has 7 heteroatoms. The number of nitriles is 1. The summed E-state index contributed by atoms with van der Waals surface area (Å²) >= 11 is 0. The number of aromatic nitrogens is 2. The Bertz CT molecular complexity index is 1180. The number of nitrogens with zero attached hydrogens (tertiary/aromatic N) is 3. The molecule has 0 amide bonds. The normalized spacial score (nSPS) is 10.8. The molecule has 0 atom stereocenters. The van der Waals surface area contributed by atoms with E-state index in [9.17, 15) is 9.59 Å². The Morgan fingerprint density at radius 1 is 1.23 bits per heavy atom. The highest BCUT2D eigenvalue weighted by Crippen LogP contribution is 2.23. The highest BCUT2D eigenvalue weighted by molar-refractivity contribution is 5.77. The standard InChI is InChI=1S/C23H23N3O4/c1-15(2)18-9-8-17(12-16(18)3)29-14-22(27)30-13-21-25-20-7-5-4-6-19(20)23(28)26(21)11-10-24/h4-9,12,15H,11,13-14H2,1-3H3. The Kier molecular flexibility index (Phi) is 6.48. The van der Waals surface area contributed by atoms with Crippen molar-refractivity contribution in [1.29, 1.82) is 5.26 Å². The third-order valence-corrected chi connectivity index (χ3v) is 4.75. The van der Waals surface area contributed by atoms with Crippen LogP contribution in [0.2, 0.25) is 0 Å². The van der Waals surface area contributed by atoms with Gasteiger partial charge in [-0.25, -0.2) is 9.78 Å². The number of carbonyl (C=O) groups is 1. The Morgan fingerprint density at radius 2 is 2.00 bits per heavy atom. The number of rotatable bonds is 7. The summed E-state index contributed by atoms with van der Waals surface area (Å²) in [4.78, 5) is 29.1. The van der Waals surface area contributed by atoms with E-state index in [1.54, 1.807) is 24.3 Å². The molecule has 0 aliphatic carbocycles. The molecule has 0 N–H and O–H groups in total. The predicted octanol–water partition coefficient (Wildman–Crippen LogP) is 3.47. The van der Waals surface area contributed by atoms with Crippen molar-refractivity contribution in [2.45, 2.75) is 39.8 Å². The minimum absolute atomic E-state index is 0.179. The van der Waals surface area contributed by atoms with Crippen molar-refractivity contribution in [3.8, 4) is 11.8 Å². The van der Waals surface area contributed by atoms with E-state index in [2.05, 4.69) is 18.8 Å². The molecule has 1 aromatic heterocycles. The van der Waals surface area contributed by atoms with Crippen LogP contribution in [0.3, 0.4) is 0 Å². The van der Waals surface area contributed by atoms with Crippen LogP contribution in [0.1, 0.15) is 36.7 Å². The summed E-state index contributed by atoms with van der Waals surface area (Å²) < 4.78 is 12.0. The van der Waals surface area contributed by atoms with Crippen LogP contribution in [-0.2, 0) is 22.7 Å². The van der Waals surface area contributed by atoms with Crippen molar-refractivity contribution in [1.82, 2.24) is 9.55 Å². The van der Waals surface area contributed by atoms with E-state index in [1.807, 2.05) is 31.2 Å². The maximum atomic E-state index is 12.6. The summed E-state index contributed by atoms with van der Waals surface area (Å²) in [5, 5.41) is 9.45. The van der Waals surface area contributed by atoms with E-state index in [-0.39, 0.29) is 31.1 Å². The lowest BCUT2D eigenvalue weighted by Crippen LogP contribution is -2.26. The number of fused-ring (bicyclic) bond motifs is 1. The van der Waals surface area contributed by atoms with Crippen LogP contribution in [0.15, 0.2) is 47.3 Å². The Hall–Kier alpha value is -3.66. The Balaban J connectivity index is 1.68. The average molecular weight is 405 g/mol. The van der Waals surface area contributed by atoms with Crippen LogP contribution in [0.25, 0.3) is 10.9 Å². The fraction of sp³-hybridized carbons (Fsp3) is 0.304. The lowest BCUT2D eigenvalue weighted by Gasteiger charge is -2.13. The maximum absolute atomic E-state index is 12.6. The third kappa shape index (κ3) is 4.66. The van der Waals surface area contributed by atoms with Gasteiger partial charge in [-0.15, -0.1) is 0 Å². The number of esters is 1. The number of para-hydroxylation sites is 1. The SMILES string of the molecule is Cc1cc(OCC(=O)OCc2nc3ccccc3c(=O)n2CC#N)ccc1C(C)C. The van der Waals surface area contributed by atoms with Crippen LogP contribution in [0.4, 0.5) is 0 Å². The summed E-state index contributed by atoms with van der Waals surface area (Å²) in [6.45, 7) is 5.56. The summed E-state index contributed by atoms with van der Waals surface area (Å²) in [5.74, 6) is 0.612. The minimum Gasteiger partial charge on any atom is -0.482 e. The zero-order valence-corrected chi connectivity index (χ0v) is 17.2. The Labute approximate surface area is 174 Å².